The maximum Gasteiger partial charge on any atom is 0.218 e. The second-order valence-corrected chi connectivity index (χ2v) is 9.91. The molecule has 1 unspecified atom stereocenters. The molecule has 1 saturated heterocycles. The van der Waals surface area contributed by atoms with E-state index in [0.717, 1.165) is 25.2 Å². The van der Waals surface area contributed by atoms with Crippen LogP contribution >= 0.6 is 0 Å². The molecule has 0 saturated carbocycles. The Hall–Kier alpha value is -2.49. The lowest BCUT2D eigenvalue weighted by Crippen LogP contribution is -2.40. The lowest BCUT2D eigenvalue weighted by molar-refractivity contribution is 0.238. The average molecular weight is 421 g/mol. The van der Waals surface area contributed by atoms with E-state index in [9.17, 15) is 0 Å². The van der Waals surface area contributed by atoms with Gasteiger partial charge in [0.05, 0.1) is 6.54 Å². The molecule has 1 aliphatic rings. The van der Waals surface area contributed by atoms with Crippen molar-refractivity contribution in [3.8, 4) is 0 Å². The third kappa shape index (κ3) is 6.25. The molecular formula is C27H40N4. The number of piperidine rings is 1. The number of benzene rings is 2. The van der Waals surface area contributed by atoms with Crippen molar-refractivity contribution in [2.45, 2.75) is 78.2 Å². The zero-order valence-corrected chi connectivity index (χ0v) is 20.1. The van der Waals surface area contributed by atoms with Crippen molar-refractivity contribution >= 4 is 11.6 Å². The lowest BCUT2D eigenvalue weighted by atomic mass is 9.87. The van der Waals surface area contributed by atoms with Crippen molar-refractivity contribution in [3.05, 3.63) is 65.2 Å². The number of nitrogens with zero attached hydrogens (tertiary/aromatic N) is 3. The van der Waals surface area contributed by atoms with E-state index in [1.54, 1.807) is 0 Å². The molecule has 2 aromatic rings. The summed E-state index contributed by atoms with van der Waals surface area (Å²) in [5.41, 5.74) is 11.8. The van der Waals surface area contributed by atoms with Gasteiger partial charge >= 0.3 is 0 Å². The summed E-state index contributed by atoms with van der Waals surface area (Å²) in [6.45, 7) is 13.9. The van der Waals surface area contributed by atoms with Gasteiger partial charge in [-0.15, -0.1) is 5.10 Å². The molecule has 1 aliphatic heterocycles. The van der Waals surface area contributed by atoms with E-state index in [1.807, 2.05) is 0 Å². The third-order valence-corrected chi connectivity index (χ3v) is 6.40. The highest BCUT2D eigenvalue weighted by Crippen LogP contribution is 2.26. The maximum absolute atomic E-state index is 6.59. The summed E-state index contributed by atoms with van der Waals surface area (Å²) in [6, 6.07) is 17.7. The van der Waals surface area contributed by atoms with Crippen molar-refractivity contribution in [2.24, 2.45) is 10.8 Å². The van der Waals surface area contributed by atoms with Crippen LogP contribution < -0.4 is 10.6 Å². The Labute approximate surface area is 189 Å². The smallest absolute Gasteiger partial charge is 0.218 e. The molecule has 0 aromatic heterocycles. The van der Waals surface area contributed by atoms with Gasteiger partial charge in [0, 0.05) is 18.8 Å². The van der Waals surface area contributed by atoms with E-state index >= 15 is 0 Å². The normalized spacial score (nSPS) is 16.3. The van der Waals surface area contributed by atoms with Crippen LogP contribution in [-0.4, -0.2) is 24.1 Å². The Balaban J connectivity index is 1.87. The van der Waals surface area contributed by atoms with Crippen LogP contribution in [0.25, 0.3) is 0 Å². The first-order valence-electron chi connectivity index (χ1n) is 11.8. The molecule has 4 heteroatoms. The first-order chi connectivity index (χ1) is 14.8. The number of anilines is 1. The van der Waals surface area contributed by atoms with Crippen molar-refractivity contribution in [2.75, 3.05) is 18.0 Å². The molecule has 0 amide bonds. The van der Waals surface area contributed by atoms with Crippen LogP contribution in [0, 0.1) is 0 Å². The molecule has 3 rings (SSSR count). The Kier molecular flexibility index (Phi) is 7.64. The van der Waals surface area contributed by atoms with Crippen LogP contribution in [0.3, 0.4) is 0 Å². The highest BCUT2D eigenvalue weighted by molar-refractivity contribution is 5.94. The molecule has 2 N–H and O–H groups in total. The summed E-state index contributed by atoms with van der Waals surface area (Å²) in [5.74, 6) is 1.13. The summed E-state index contributed by atoms with van der Waals surface area (Å²) < 4.78 is 0. The summed E-state index contributed by atoms with van der Waals surface area (Å²) in [5, 5.41) is 6.92. The molecule has 4 nitrogen and oxygen atoms in total. The van der Waals surface area contributed by atoms with Gasteiger partial charge in [-0.3, -0.25) is 5.01 Å². The standard InChI is InChI=1S/C27H40N4/c1-6-21(2)23-12-16-25(17-13-23)31(26(28)29-30-18-8-7-9-19-30)20-22-10-14-24(15-11-22)27(3,4)5/h10-17,21H,6-9,18-20H2,1-5H3,(H2,28,29). The predicted molar refractivity (Wildman–Crippen MR) is 134 cm³/mol. The van der Waals surface area contributed by atoms with Crippen molar-refractivity contribution in [1.29, 1.82) is 0 Å². The van der Waals surface area contributed by atoms with Crippen LogP contribution in [0.15, 0.2) is 53.6 Å². The average Bonchev–Trinajstić information content (AvgIpc) is 2.77. The Morgan fingerprint density at radius 3 is 2.16 bits per heavy atom. The van der Waals surface area contributed by atoms with Gasteiger partial charge in [0.15, 0.2) is 0 Å². The molecule has 1 heterocycles. The molecule has 31 heavy (non-hydrogen) atoms. The molecule has 0 radical (unpaired) electrons. The van der Waals surface area contributed by atoms with Crippen LogP contribution in [-0.2, 0) is 12.0 Å². The fourth-order valence-corrected chi connectivity index (χ4v) is 3.99. The van der Waals surface area contributed by atoms with Crippen LogP contribution in [0.1, 0.15) is 82.9 Å². The zero-order chi connectivity index (χ0) is 22.4. The van der Waals surface area contributed by atoms with Crippen LogP contribution in [0.4, 0.5) is 5.69 Å². The van der Waals surface area contributed by atoms with Gasteiger partial charge in [-0.1, -0.05) is 71.0 Å². The topological polar surface area (TPSA) is 44.9 Å². The quantitative estimate of drug-likeness (QED) is 0.446. The summed E-state index contributed by atoms with van der Waals surface area (Å²) in [7, 11) is 0. The van der Waals surface area contributed by atoms with Gasteiger partial charge in [0.25, 0.3) is 0 Å². The van der Waals surface area contributed by atoms with E-state index in [0.29, 0.717) is 18.4 Å². The van der Waals surface area contributed by atoms with E-state index in [4.69, 9.17) is 10.8 Å². The number of hydrogen-bond donors (Lipinski definition) is 1. The Bertz CT molecular complexity index is 840. The number of hydrazone groups is 1. The molecule has 2 aromatic carbocycles. The molecule has 1 fully saturated rings. The highest BCUT2D eigenvalue weighted by Gasteiger charge is 2.17. The van der Waals surface area contributed by atoms with Crippen molar-refractivity contribution in [1.82, 2.24) is 5.01 Å². The molecule has 0 spiro atoms. The Morgan fingerprint density at radius 2 is 1.61 bits per heavy atom. The highest BCUT2D eigenvalue weighted by atomic mass is 15.5. The maximum atomic E-state index is 6.59. The van der Waals surface area contributed by atoms with Gasteiger partial charge in [0.1, 0.15) is 0 Å². The van der Waals surface area contributed by atoms with Gasteiger partial charge in [-0.05, 0) is 65.8 Å². The monoisotopic (exact) mass is 420 g/mol. The summed E-state index contributed by atoms with van der Waals surface area (Å²) in [6.07, 6.45) is 4.80. The lowest BCUT2D eigenvalue weighted by Gasteiger charge is -2.29. The fraction of sp³-hybridized carbons (Fsp3) is 0.519. The minimum atomic E-state index is 0.152. The number of rotatable bonds is 6. The predicted octanol–water partition coefficient (Wildman–Crippen LogP) is 6.22. The SMILES string of the molecule is CCC(C)c1ccc(N(Cc2ccc(C(C)(C)C)cc2)C(N)=NN2CCCCC2)cc1. The van der Waals surface area contributed by atoms with Gasteiger partial charge in [-0.25, -0.2) is 0 Å². The second kappa shape index (κ2) is 10.2. The molecule has 0 aliphatic carbocycles. The summed E-state index contributed by atoms with van der Waals surface area (Å²) in [4.78, 5) is 2.14. The number of hydrogen-bond acceptors (Lipinski definition) is 2. The molecule has 1 atom stereocenters. The molecule has 0 bridgehead atoms. The fourth-order valence-electron chi connectivity index (χ4n) is 3.99. The minimum absolute atomic E-state index is 0.152. The first kappa shape index (κ1) is 23.2. The summed E-state index contributed by atoms with van der Waals surface area (Å²) >= 11 is 0. The second-order valence-electron chi connectivity index (χ2n) is 9.91. The van der Waals surface area contributed by atoms with Gasteiger partial charge < -0.3 is 10.6 Å². The van der Waals surface area contributed by atoms with E-state index in [1.165, 1.54) is 36.0 Å². The largest absolute Gasteiger partial charge is 0.368 e. The van der Waals surface area contributed by atoms with Crippen LogP contribution in [0.5, 0.6) is 0 Å². The minimum Gasteiger partial charge on any atom is -0.368 e. The third-order valence-electron chi connectivity index (χ3n) is 6.40. The zero-order valence-electron chi connectivity index (χ0n) is 20.1. The molecular weight excluding hydrogens is 380 g/mol. The number of guanidine groups is 1. The van der Waals surface area contributed by atoms with Gasteiger partial charge in [-0.2, -0.15) is 0 Å². The van der Waals surface area contributed by atoms with Crippen molar-refractivity contribution in [3.63, 3.8) is 0 Å². The number of nitrogens with two attached hydrogens (primary N) is 1. The van der Waals surface area contributed by atoms with E-state index < -0.39 is 0 Å². The van der Waals surface area contributed by atoms with Crippen molar-refractivity contribution < 1.29 is 0 Å². The Morgan fingerprint density at radius 1 is 1.00 bits per heavy atom. The van der Waals surface area contributed by atoms with Crippen LogP contribution in [0.2, 0.25) is 0 Å². The first-order valence-corrected chi connectivity index (χ1v) is 11.8. The van der Waals surface area contributed by atoms with E-state index in [-0.39, 0.29) is 5.41 Å². The van der Waals surface area contributed by atoms with Gasteiger partial charge in [0.2, 0.25) is 5.96 Å². The molecule has 168 valence electrons. The van der Waals surface area contributed by atoms with E-state index in [2.05, 4.69) is 93.1 Å².